The van der Waals surface area contributed by atoms with Gasteiger partial charge < -0.3 is 14.8 Å². The summed E-state index contributed by atoms with van der Waals surface area (Å²) in [7, 11) is 0. The summed E-state index contributed by atoms with van der Waals surface area (Å²) in [6.07, 6.45) is 1.63. The fourth-order valence-corrected chi connectivity index (χ4v) is 5.65. The number of hydrogen-bond donors (Lipinski definition) is 1. The van der Waals surface area contributed by atoms with Crippen molar-refractivity contribution in [2.24, 2.45) is 5.10 Å². The quantitative estimate of drug-likeness (QED) is 0.118. The van der Waals surface area contributed by atoms with Crippen LogP contribution in [0.5, 0.6) is 11.5 Å². The van der Waals surface area contributed by atoms with E-state index in [1.54, 1.807) is 18.3 Å². The second-order valence-electron chi connectivity index (χ2n) is 10.9. The summed E-state index contributed by atoms with van der Waals surface area (Å²) >= 11 is 2.16. The van der Waals surface area contributed by atoms with Crippen molar-refractivity contribution >= 4 is 51.3 Å². The van der Waals surface area contributed by atoms with Crippen LogP contribution in [0.15, 0.2) is 88.8 Å². The van der Waals surface area contributed by atoms with Gasteiger partial charge in [0.05, 0.1) is 27.3 Å². The highest BCUT2D eigenvalue weighted by Crippen LogP contribution is 2.34. The average Bonchev–Trinajstić information content (AvgIpc) is 3.01. The molecule has 0 spiro atoms. The molecule has 8 nitrogen and oxygen atoms in total. The number of anilines is 1. The molecule has 1 N–H and O–H groups in total. The number of halogens is 1. The maximum atomic E-state index is 13.8. The molecular weight excluding hydrogens is 679 g/mol. The van der Waals surface area contributed by atoms with Crippen molar-refractivity contribution in [3.8, 4) is 22.9 Å². The molecule has 9 heteroatoms. The largest absolute Gasteiger partial charge is 0.494 e. The first-order valence-electron chi connectivity index (χ1n) is 14.8. The highest BCUT2D eigenvalue weighted by atomic mass is 127. The summed E-state index contributed by atoms with van der Waals surface area (Å²) in [5.74, 6) is 1.81. The summed E-state index contributed by atoms with van der Waals surface area (Å²) in [5.41, 5.74) is 5.60. The predicted molar refractivity (Wildman–Crippen MR) is 189 cm³/mol. The third kappa shape index (κ3) is 7.25. The average molecular weight is 715 g/mol. The Balaban J connectivity index is 1.46. The summed E-state index contributed by atoms with van der Waals surface area (Å²) in [5, 5.41) is 8.01. The molecule has 5 rings (SSSR count). The van der Waals surface area contributed by atoms with Crippen LogP contribution in [0, 0.1) is 17.4 Å². The smallest absolute Gasteiger partial charge is 0.282 e. The molecule has 4 aromatic carbocycles. The van der Waals surface area contributed by atoms with Crippen LogP contribution in [0.3, 0.4) is 0 Å². The maximum Gasteiger partial charge on any atom is 0.282 e. The van der Waals surface area contributed by atoms with Gasteiger partial charge in [-0.25, -0.2) is 4.98 Å². The summed E-state index contributed by atoms with van der Waals surface area (Å²) in [4.78, 5) is 31.2. The lowest BCUT2D eigenvalue weighted by molar-refractivity contribution is -0.118. The Morgan fingerprint density at radius 2 is 1.73 bits per heavy atom. The number of carbonyl (C=O) groups excluding carboxylic acids is 1. The van der Waals surface area contributed by atoms with Crippen LogP contribution in [-0.2, 0) is 4.79 Å². The number of para-hydroxylation sites is 2. The van der Waals surface area contributed by atoms with Crippen molar-refractivity contribution in [1.82, 2.24) is 9.66 Å². The lowest BCUT2D eigenvalue weighted by Gasteiger charge is -2.18. The Hall–Kier alpha value is -4.51. The van der Waals surface area contributed by atoms with Gasteiger partial charge in [-0.3, -0.25) is 9.59 Å². The van der Waals surface area contributed by atoms with Gasteiger partial charge in [0.25, 0.3) is 11.5 Å². The number of benzene rings is 4. The number of aromatic nitrogens is 2. The molecule has 0 aliphatic rings. The van der Waals surface area contributed by atoms with Crippen LogP contribution in [-0.4, -0.2) is 35.0 Å². The number of nitrogens with one attached hydrogen (secondary N) is 1. The molecule has 1 aromatic heterocycles. The topological polar surface area (TPSA) is 94.8 Å². The van der Waals surface area contributed by atoms with Crippen LogP contribution in [0.4, 0.5) is 5.69 Å². The van der Waals surface area contributed by atoms with E-state index in [2.05, 4.69) is 52.9 Å². The molecule has 0 bridgehead atoms. The van der Waals surface area contributed by atoms with Crippen molar-refractivity contribution in [1.29, 1.82) is 0 Å². The molecule has 1 heterocycles. The van der Waals surface area contributed by atoms with Crippen LogP contribution >= 0.6 is 22.6 Å². The molecule has 0 aliphatic carbocycles. The van der Waals surface area contributed by atoms with Gasteiger partial charge in [-0.15, -0.1) is 0 Å². The molecule has 0 atom stereocenters. The molecule has 0 unspecified atom stereocenters. The Kier molecular flexibility index (Phi) is 9.97. The van der Waals surface area contributed by atoms with Crippen molar-refractivity contribution in [2.75, 3.05) is 18.5 Å². The lowest BCUT2D eigenvalue weighted by atomic mass is 9.96. The Morgan fingerprint density at radius 3 is 2.47 bits per heavy atom. The summed E-state index contributed by atoms with van der Waals surface area (Å²) in [6.45, 7) is 10.5. The minimum absolute atomic E-state index is 0.126. The molecule has 1 amide bonds. The molecule has 0 radical (unpaired) electrons. The van der Waals surface area contributed by atoms with Gasteiger partial charge in [-0.2, -0.15) is 9.78 Å². The highest BCUT2D eigenvalue weighted by molar-refractivity contribution is 14.1. The molecule has 0 saturated carbocycles. The second-order valence-corrected chi connectivity index (χ2v) is 12.1. The van der Waals surface area contributed by atoms with Gasteiger partial charge >= 0.3 is 0 Å². The van der Waals surface area contributed by atoms with Gasteiger partial charge in [0, 0.05) is 11.3 Å². The van der Waals surface area contributed by atoms with E-state index in [1.165, 1.54) is 4.68 Å². The summed E-state index contributed by atoms with van der Waals surface area (Å²) in [6, 6.07) is 24.4. The number of rotatable bonds is 10. The third-order valence-electron chi connectivity index (χ3n) is 7.33. The maximum absolute atomic E-state index is 13.8. The van der Waals surface area contributed by atoms with Crippen LogP contribution < -0.4 is 20.3 Å². The van der Waals surface area contributed by atoms with E-state index >= 15 is 0 Å². The molecule has 230 valence electrons. The molecule has 0 aliphatic heterocycles. The minimum atomic E-state index is -0.263. The fourth-order valence-electron chi connectivity index (χ4n) is 4.96. The normalized spacial score (nSPS) is 11.4. The van der Waals surface area contributed by atoms with E-state index in [-0.39, 0.29) is 24.0 Å². The summed E-state index contributed by atoms with van der Waals surface area (Å²) < 4.78 is 13.9. The van der Waals surface area contributed by atoms with E-state index in [1.807, 2.05) is 81.4 Å². The minimum Gasteiger partial charge on any atom is -0.494 e. The second kappa shape index (κ2) is 14.1. The monoisotopic (exact) mass is 714 g/mol. The number of fused-ring (bicyclic) bond motifs is 1. The van der Waals surface area contributed by atoms with E-state index in [9.17, 15) is 9.59 Å². The van der Waals surface area contributed by atoms with E-state index in [0.29, 0.717) is 29.1 Å². The fraction of sp³-hybridized carbons (Fsp3) is 0.222. The van der Waals surface area contributed by atoms with Crippen molar-refractivity contribution in [3.63, 3.8) is 0 Å². The molecule has 0 saturated heterocycles. The van der Waals surface area contributed by atoms with Crippen LogP contribution in [0.2, 0.25) is 0 Å². The predicted octanol–water partition coefficient (Wildman–Crippen LogP) is 7.71. The number of aryl methyl sites for hydroxylation is 2. The van der Waals surface area contributed by atoms with Crippen LogP contribution in [0.25, 0.3) is 22.3 Å². The highest BCUT2D eigenvalue weighted by Gasteiger charge is 2.18. The lowest BCUT2D eigenvalue weighted by Crippen LogP contribution is -2.21. The Bertz CT molecular complexity index is 1970. The van der Waals surface area contributed by atoms with E-state index < -0.39 is 0 Å². The first-order valence-corrected chi connectivity index (χ1v) is 15.9. The van der Waals surface area contributed by atoms with Gasteiger partial charge in [-0.05, 0) is 120 Å². The number of amides is 1. The molecule has 45 heavy (non-hydrogen) atoms. The Morgan fingerprint density at radius 1 is 0.978 bits per heavy atom. The van der Waals surface area contributed by atoms with Gasteiger partial charge in [0.2, 0.25) is 0 Å². The van der Waals surface area contributed by atoms with Gasteiger partial charge in [0.1, 0.15) is 11.5 Å². The number of nitrogens with zero attached hydrogens (tertiary/aromatic N) is 3. The first kappa shape index (κ1) is 31.9. The number of carbonyl (C=O) groups is 1. The Labute approximate surface area is 276 Å². The van der Waals surface area contributed by atoms with Crippen molar-refractivity contribution in [3.05, 3.63) is 115 Å². The first-order chi connectivity index (χ1) is 21.7. The van der Waals surface area contributed by atoms with Gasteiger partial charge in [0.15, 0.2) is 12.4 Å². The molecule has 0 fully saturated rings. The van der Waals surface area contributed by atoms with E-state index in [4.69, 9.17) is 14.5 Å². The van der Waals surface area contributed by atoms with Gasteiger partial charge in [-0.1, -0.05) is 44.2 Å². The molecular formula is C36H35IN4O4. The zero-order valence-corrected chi connectivity index (χ0v) is 28.1. The zero-order valence-electron chi connectivity index (χ0n) is 25.9. The standard InChI is InChI=1S/C36H35IN4O4/c1-6-44-33-17-24(5)28(19-27(33)22(2)3)35-40-31-14-10-8-12-26(31)36(43)41(35)38-20-25-15-16-32(29(37)18-25)45-21-34(42)39-30-13-9-7-11-23(30)4/h7-20,22H,6,21H2,1-5H3,(H,39,42). The third-order valence-corrected chi connectivity index (χ3v) is 8.17. The number of hydrogen-bond acceptors (Lipinski definition) is 6. The van der Waals surface area contributed by atoms with Crippen molar-refractivity contribution < 1.29 is 14.3 Å². The van der Waals surface area contributed by atoms with E-state index in [0.717, 1.165) is 42.8 Å². The zero-order chi connectivity index (χ0) is 32.1. The van der Waals surface area contributed by atoms with Crippen LogP contribution in [0.1, 0.15) is 48.9 Å². The van der Waals surface area contributed by atoms with Crippen molar-refractivity contribution in [2.45, 2.75) is 40.5 Å². The molecule has 5 aromatic rings. The number of ether oxygens (including phenoxy) is 2. The SMILES string of the molecule is CCOc1cc(C)c(-c2nc3ccccc3c(=O)n2N=Cc2ccc(OCC(=O)Nc3ccccc3C)c(I)c2)cc1C(C)C.